The number of carbonyl (C=O) groups excluding carboxylic acids is 5. The molecule has 8 rings (SSSR count). The molecule has 0 bridgehead atoms. The molecule has 2 fully saturated rings. The number of Topliss-reactive ketones (excluding diaryl/α,β-unsaturated/α-hetero) is 2. The predicted octanol–water partition coefficient (Wildman–Crippen LogP) is 10.9. The topological polar surface area (TPSA) is 200 Å². The minimum atomic E-state index is -4.73. The van der Waals surface area contributed by atoms with Gasteiger partial charge < -0.3 is 24.4 Å². The third kappa shape index (κ3) is 15.7. The lowest BCUT2D eigenvalue weighted by Crippen LogP contribution is -2.55. The maximum absolute atomic E-state index is 13.3. The van der Waals surface area contributed by atoms with Gasteiger partial charge in [-0.1, -0.05) is 126 Å². The van der Waals surface area contributed by atoms with Gasteiger partial charge in [0.05, 0.1) is 18.7 Å². The fourth-order valence-corrected chi connectivity index (χ4v) is 9.45. The Morgan fingerprint density at radius 2 is 1.08 bits per heavy atom. The number of nitrogens with zero attached hydrogens (tertiary/aromatic N) is 5. The van der Waals surface area contributed by atoms with Crippen LogP contribution >= 0.6 is 0 Å². The zero-order chi connectivity index (χ0) is 55.3. The van der Waals surface area contributed by atoms with Crippen LogP contribution in [0.5, 0.6) is 0 Å². The quantitative estimate of drug-likeness (QED) is 0.0820. The van der Waals surface area contributed by atoms with Gasteiger partial charge in [-0.3, -0.25) is 24.1 Å². The molecule has 1 saturated heterocycles. The standard InChI is InChI=1S/C29H31F3N4O5.C27H28F3N3O3/c1-3-40-28(39)36-16-15-22(20-7-5-4-6-8-20)17-23(36)26(38)33-18(2)24(37)14-11-19-9-12-21(13-10-19)25-34-27(41-35-25)29(30,31)32;1-17(31-25(35)22-9-5-8-21(16-22)19-6-3-2-4-7-19)23(34)15-12-18-10-13-20(14-11-18)24-32-26(36-33-24)27(28,29)30/h4-10,12-13,18,22-23H,3,11,14-17H2,1-2H3,(H,33,38);2-4,6-7,10-11,13-14,17,21-22H,5,8-9,12,15-16H2,1H3,(H,31,35)/t18-,22-,23+;17-,21-,22+/m00/s1. The van der Waals surface area contributed by atoms with E-state index in [4.69, 9.17) is 4.74 Å². The molecule has 3 amide bonds. The second kappa shape index (κ2) is 25.9. The molecule has 4 aromatic carbocycles. The van der Waals surface area contributed by atoms with Crippen molar-refractivity contribution >= 4 is 29.5 Å². The second-order valence-corrected chi connectivity index (χ2v) is 19.1. The van der Waals surface area contributed by atoms with E-state index in [9.17, 15) is 50.3 Å². The van der Waals surface area contributed by atoms with Crippen LogP contribution in [0, 0.1) is 5.92 Å². The number of hydrogen-bond acceptors (Lipinski definition) is 12. The van der Waals surface area contributed by atoms with Crippen LogP contribution in [0.1, 0.15) is 118 Å². The lowest BCUT2D eigenvalue weighted by atomic mass is 9.77. The number of carbonyl (C=O) groups is 5. The van der Waals surface area contributed by atoms with Crippen molar-refractivity contribution in [1.82, 2.24) is 35.8 Å². The number of rotatable bonds is 17. The van der Waals surface area contributed by atoms with Crippen LogP contribution in [-0.2, 0) is 49.1 Å². The van der Waals surface area contributed by atoms with Gasteiger partial charge in [0.25, 0.3) is 0 Å². The fraction of sp³-hybridized carbons (Fsp3) is 0.411. The van der Waals surface area contributed by atoms with Gasteiger partial charge >= 0.3 is 30.2 Å². The van der Waals surface area contributed by atoms with Gasteiger partial charge in [0.1, 0.15) is 6.04 Å². The zero-order valence-corrected chi connectivity index (χ0v) is 42.6. The summed E-state index contributed by atoms with van der Waals surface area (Å²) in [6, 6.07) is 30.9. The molecule has 21 heteroatoms. The van der Waals surface area contributed by atoms with E-state index in [1.807, 2.05) is 48.5 Å². The number of piperidine rings is 1. The number of ether oxygens (including phenoxy) is 1. The molecule has 2 aliphatic rings. The summed E-state index contributed by atoms with van der Waals surface area (Å²) in [7, 11) is 0. The second-order valence-electron chi connectivity index (χ2n) is 19.1. The van der Waals surface area contributed by atoms with Gasteiger partial charge in [0.15, 0.2) is 11.6 Å². The third-order valence-electron chi connectivity index (χ3n) is 13.8. The van der Waals surface area contributed by atoms with Gasteiger partial charge in [-0.2, -0.15) is 36.3 Å². The van der Waals surface area contributed by atoms with E-state index in [-0.39, 0.29) is 60.4 Å². The van der Waals surface area contributed by atoms with Gasteiger partial charge in [-0.15, -0.1) is 0 Å². The number of alkyl halides is 6. The summed E-state index contributed by atoms with van der Waals surface area (Å²) in [6.45, 7) is 5.55. The first-order chi connectivity index (χ1) is 36.8. The number of likely N-dealkylation sites (tertiary alicyclic amines) is 1. The molecule has 3 heterocycles. The normalized spacial score (nSPS) is 18.5. The number of halogens is 6. The van der Waals surface area contributed by atoms with Crippen LogP contribution in [-0.4, -0.2) is 85.9 Å². The summed E-state index contributed by atoms with van der Waals surface area (Å²) in [4.78, 5) is 72.4. The summed E-state index contributed by atoms with van der Waals surface area (Å²) in [6.07, 6.45) is -4.06. The van der Waals surface area contributed by atoms with Crippen molar-refractivity contribution < 1.29 is 64.1 Å². The van der Waals surface area contributed by atoms with Gasteiger partial charge in [0, 0.05) is 36.4 Å². The highest BCUT2D eigenvalue weighted by molar-refractivity contribution is 5.92. The SMILES string of the molecule is CCOC(=O)N1CC[C@H](c2ccccc2)C[C@@H]1C(=O)N[C@@H](C)C(=O)CCc1ccc(-c2noc(C(F)(F)F)n2)cc1.C[C@H](NC(=O)[C@@H]1CCC[C@H](c2ccccc2)C1)C(=O)CCc1ccc(-c2noc(C(F)(F)F)n2)cc1. The van der Waals surface area contributed by atoms with Crippen molar-refractivity contribution in [3.63, 3.8) is 0 Å². The summed E-state index contributed by atoms with van der Waals surface area (Å²) >= 11 is 0. The third-order valence-corrected chi connectivity index (χ3v) is 13.8. The average Bonchev–Trinajstić information content (AvgIpc) is 4.16. The zero-order valence-electron chi connectivity index (χ0n) is 42.6. The maximum Gasteiger partial charge on any atom is 0.471 e. The Labute approximate surface area is 440 Å². The Kier molecular flexibility index (Phi) is 19.2. The smallest absolute Gasteiger partial charge is 0.450 e. The highest BCUT2D eigenvalue weighted by Crippen LogP contribution is 2.37. The van der Waals surface area contributed by atoms with E-state index in [0.717, 1.165) is 42.4 Å². The van der Waals surface area contributed by atoms with E-state index in [0.29, 0.717) is 49.3 Å². The lowest BCUT2D eigenvalue weighted by molar-refractivity contribution is -0.160. The molecule has 15 nitrogen and oxygen atoms in total. The molecular formula is C56H59F6N7O8. The number of amides is 3. The summed E-state index contributed by atoms with van der Waals surface area (Å²) in [5.41, 5.74) is 4.67. The van der Waals surface area contributed by atoms with Crippen molar-refractivity contribution in [2.75, 3.05) is 13.2 Å². The molecular weight excluding hydrogens is 1010 g/mol. The first-order valence-electron chi connectivity index (χ1n) is 25.5. The number of ketones is 2. The first kappa shape index (κ1) is 57.0. The number of aryl methyl sites for hydroxylation is 2. The van der Waals surface area contributed by atoms with Crippen LogP contribution in [0.3, 0.4) is 0 Å². The minimum Gasteiger partial charge on any atom is -0.450 e. The molecule has 2 aromatic heterocycles. The monoisotopic (exact) mass is 1070 g/mol. The molecule has 0 spiro atoms. The van der Waals surface area contributed by atoms with Crippen LogP contribution in [0.25, 0.3) is 22.8 Å². The largest absolute Gasteiger partial charge is 0.471 e. The van der Waals surface area contributed by atoms with Gasteiger partial charge in [-0.05, 0) is 99.8 Å². The van der Waals surface area contributed by atoms with Crippen LogP contribution < -0.4 is 10.6 Å². The molecule has 0 unspecified atom stereocenters. The van der Waals surface area contributed by atoms with Gasteiger partial charge in [-0.25, -0.2) is 4.79 Å². The Morgan fingerprint density at radius 1 is 0.623 bits per heavy atom. The van der Waals surface area contributed by atoms with E-state index in [1.165, 1.54) is 10.5 Å². The number of aromatic nitrogens is 4. The van der Waals surface area contributed by atoms with E-state index in [2.05, 4.69) is 52.1 Å². The number of hydrogen-bond donors (Lipinski definition) is 2. The Balaban J connectivity index is 0.000000225. The van der Waals surface area contributed by atoms with Crippen LogP contribution in [0.2, 0.25) is 0 Å². The van der Waals surface area contributed by atoms with E-state index < -0.39 is 54.3 Å². The van der Waals surface area contributed by atoms with Crippen molar-refractivity contribution in [3.8, 4) is 22.8 Å². The summed E-state index contributed by atoms with van der Waals surface area (Å²) in [5, 5.41) is 12.4. The average molecular weight is 1070 g/mol. The Bertz CT molecular complexity index is 2910. The minimum absolute atomic E-state index is 0.0702. The molecule has 6 aromatic rings. The van der Waals surface area contributed by atoms with Gasteiger partial charge in [0.2, 0.25) is 23.5 Å². The molecule has 1 aliphatic heterocycles. The Morgan fingerprint density at radius 3 is 1.52 bits per heavy atom. The van der Waals surface area contributed by atoms with E-state index >= 15 is 0 Å². The van der Waals surface area contributed by atoms with Crippen LogP contribution in [0.15, 0.2) is 118 Å². The number of nitrogens with one attached hydrogen (secondary N) is 2. The predicted molar refractivity (Wildman–Crippen MR) is 268 cm³/mol. The molecule has 408 valence electrons. The molecule has 1 aliphatic carbocycles. The molecule has 77 heavy (non-hydrogen) atoms. The number of benzene rings is 4. The Hall–Kier alpha value is -7.71. The highest BCUT2D eigenvalue weighted by atomic mass is 19.4. The lowest BCUT2D eigenvalue weighted by Gasteiger charge is -2.38. The molecule has 6 atom stereocenters. The highest BCUT2D eigenvalue weighted by Gasteiger charge is 2.41. The van der Waals surface area contributed by atoms with Crippen LogP contribution in [0.4, 0.5) is 31.1 Å². The maximum atomic E-state index is 13.3. The van der Waals surface area contributed by atoms with E-state index in [1.54, 1.807) is 69.3 Å². The van der Waals surface area contributed by atoms with Crippen molar-refractivity contribution in [1.29, 1.82) is 0 Å². The van der Waals surface area contributed by atoms with Crippen molar-refractivity contribution in [2.45, 2.75) is 127 Å². The summed E-state index contributed by atoms with van der Waals surface area (Å²) < 4.78 is 89.7. The molecule has 2 N–H and O–H groups in total. The molecule has 0 radical (unpaired) electrons. The van der Waals surface area contributed by atoms with Crippen molar-refractivity contribution in [3.05, 3.63) is 143 Å². The summed E-state index contributed by atoms with van der Waals surface area (Å²) in [5.74, 6) is -3.58. The first-order valence-corrected chi connectivity index (χ1v) is 25.5. The molecule has 1 saturated carbocycles. The fourth-order valence-electron chi connectivity index (χ4n) is 9.45. The van der Waals surface area contributed by atoms with Crippen molar-refractivity contribution in [2.24, 2.45) is 5.92 Å².